The van der Waals surface area contributed by atoms with Crippen LogP contribution in [-0.4, -0.2) is 43.3 Å². The normalized spacial score (nSPS) is 12.7. The van der Waals surface area contributed by atoms with Crippen molar-refractivity contribution in [3.8, 4) is 11.5 Å². The van der Waals surface area contributed by atoms with Gasteiger partial charge in [0.05, 0.1) is 37.6 Å². The number of nitrogens with zero attached hydrogens (tertiary/aromatic N) is 1. The van der Waals surface area contributed by atoms with Crippen molar-refractivity contribution < 1.29 is 45.7 Å². The molecule has 8 nitrogen and oxygen atoms in total. The van der Waals surface area contributed by atoms with Gasteiger partial charge in [0.2, 0.25) is 0 Å². The fourth-order valence-electron chi connectivity index (χ4n) is 3.21. The number of carbonyl (C=O) groups is 1. The van der Waals surface area contributed by atoms with Crippen LogP contribution in [0.2, 0.25) is 0 Å². The van der Waals surface area contributed by atoms with Gasteiger partial charge in [0.1, 0.15) is 16.4 Å². The van der Waals surface area contributed by atoms with Crippen LogP contribution in [-0.2, 0) is 32.3 Å². The molecule has 0 spiro atoms. The van der Waals surface area contributed by atoms with E-state index in [1.54, 1.807) is 0 Å². The topological polar surface area (TPSA) is 104 Å². The predicted octanol–water partition coefficient (Wildman–Crippen LogP) is 4.29. The Morgan fingerprint density at radius 2 is 1.71 bits per heavy atom. The molecule has 0 saturated heterocycles. The highest BCUT2D eigenvalue weighted by Crippen LogP contribution is 2.36. The molecule has 0 radical (unpaired) electrons. The van der Waals surface area contributed by atoms with Crippen LogP contribution in [0.25, 0.3) is 10.9 Å². The van der Waals surface area contributed by atoms with Gasteiger partial charge in [0.15, 0.2) is 5.60 Å². The first kappa shape index (κ1) is 25.4. The van der Waals surface area contributed by atoms with Crippen molar-refractivity contribution in [2.45, 2.75) is 37.1 Å². The lowest BCUT2D eigenvalue weighted by atomic mass is 10.1. The van der Waals surface area contributed by atoms with Crippen LogP contribution >= 0.6 is 0 Å². The molecule has 0 fully saturated rings. The van der Waals surface area contributed by atoms with E-state index in [9.17, 15) is 31.5 Å². The average Bonchev–Trinajstić information content (AvgIpc) is 3.15. The zero-order valence-electron chi connectivity index (χ0n) is 18.6. The second-order valence-electron chi connectivity index (χ2n) is 7.80. The number of hydrogen-bond acceptors (Lipinski definition) is 6. The monoisotopic (exact) mass is 501 g/mol. The van der Waals surface area contributed by atoms with Crippen molar-refractivity contribution in [1.29, 1.82) is 0 Å². The molecule has 0 aliphatic rings. The molecule has 0 saturated carbocycles. The Bertz CT molecular complexity index is 1340. The van der Waals surface area contributed by atoms with E-state index in [1.807, 2.05) is 0 Å². The van der Waals surface area contributed by atoms with Gasteiger partial charge < -0.3 is 19.3 Å². The van der Waals surface area contributed by atoms with Crippen molar-refractivity contribution in [3.05, 3.63) is 53.7 Å². The molecule has 0 amide bonds. The minimum atomic E-state index is -4.65. The number of fused-ring (bicyclic) bond motifs is 1. The average molecular weight is 501 g/mol. The van der Waals surface area contributed by atoms with Gasteiger partial charge in [-0.25, -0.2) is 17.2 Å². The first-order chi connectivity index (χ1) is 15.7. The van der Waals surface area contributed by atoms with Crippen LogP contribution in [0.1, 0.15) is 25.1 Å². The van der Waals surface area contributed by atoms with Crippen molar-refractivity contribution in [3.63, 3.8) is 0 Å². The van der Waals surface area contributed by atoms with Gasteiger partial charge in [0, 0.05) is 11.5 Å². The van der Waals surface area contributed by atoms with Crippen molar-refractivity contribution in [2.24, 2.45) is 0 Å². The van der Waals surface area contributed by atoms with Crippen molar-refractivity contribution >= 4 is 26.9 Å². The van der Waals surface area contributed by atoms with Gasteiger partial charge in [-0.1, -0.05) is 0 Å². The van der Waals surface area contributed by atoms with E-state index in [2.05, 4.69) is 0 Å². The van der Waals surface area contributed by atoms with E-state index >= 15 is 0 Å². The van der Waals surface area contributed by atoms with Crippen LogP contribution in [0.3, 0.4) is 0 Å². The highest BCUT2D eigenvalue weighted by Gasteiger charge is 2.34. The third kappa shape index (κ3) is 4.68. The van der Waals surface area contributed by atoms with E-state index < -0.39 is 39.9 Å². The summed E-state index contributed by atoms with van der Waals surface area (Å²) in [5.41, 5.74) is -2.78. The number of hydrogen-bond donors (Lipinski definition) is 1. The second-order valence-corrected chi connectivity index (χ2v) is 9.55. The summed E-state index contributed by atoms with van der Waals surface area (Å²) in [5.74, 6) is -1.11. The first-order valence-corrected chi connectivity index (χ1v) is 11.2. The Morgan fingerprint density at radius 1 is 1.03 bits per heavy atom. The summed E-state index contributed by atoms with van der Waals surface area (Å²) in [6, 6.07) is 7.92. The number of methoxy groups -OCH3 is 2. The lowest BCUT2D eigenvalue weighted by Gasteiger charge is -2.21. The Morgan fingerprint density at radius 3 is 2.26 bits per heavy atom. The molecule has 3 aromatic rings. The van der Waals surface area contributed by atoms with E-state index in [0.717, 1.165) is 22.2 Å². The number of rotatable bonds is 8. The molecule has 3 rings (SSSR count). The quantitative estimate of drug-likeness (QED) is 0.491. The van der Waals surface area contributed by atoms with Crippen LogP contribution in [0.5, 0.6) is 11.5 Å². The largest absolute Gasteiger partial charge is 0.497 e. The lowest BCUT2D eigenvalue weighted by Crippen LogP contribution is -2.34. The molecule has 2 aromatic carbocycles. The zero-order chi connectivity index (χ0) is 25.5. The second kappa shape index (κ2) is 8.84. The molecule has 1 heterocycles. The predicted molar refractivity (Wildman–Crippen MR) is 116 cm³/mol. The standard InChI is InChI=1S/C22H22F3NO7S/c1-21(2,20(27)28)33-12-15-10-13-9-14(22(23,24)25)5-7-17(13)26(15)34(29,30)19-11-16(31-3)6-8-18(19)32-4/h5-11H,12H2,1-4H3,(H,27,28). The maximum absolute atomic E-state index is 13.8. The molecule has 0 aliphatic heterocycles. The fourth-order valence-corrected chi connectivity index (χ4v) is 4.92. The van der Waals surface area contributed by atoms with Gasteiger partial charge in [0.25, 0.3) is 10.0 Å². The van der Waals surface area contributed by atoms with Crippen LogP contribution in [0.4, 0.5) is 13.2 Å². The van der Waals surface area contributed by atoms with E-state index in [1.165, 1.54) is 52.3 Å². The zero-order valence-corrected chi connectivity index (χ0v) is 19.5. The summed E-state index contributed by atoms with van der Waals surface area (Å²) in [6.07, 6.45) is -4.65. The summed E-state index contributed by atoms with van der Waals surface area (Å²) in [7, 11) is -1.85. The summed E-state index contributed by atoms with van der Waals surface area (Å²) in [6.45, 7) is 2.02. The molecular weight excluding hydrogens is 479 g/mol. The minimum Gasteiger partial charge on any atom is -0.497 e. The number of aromatic nitrogens is 1. The lowest BCUT2D eigenvalue weighted by molar-refractivity contribution is -0.162. The van der Waals surface area contributed by atoms with Crippen LogP contribution in [0.15, 0.2) is 47.4 Å². The molecule has 0 bridgehead atoms. The number of carboxylic acids is 1. The molecule has 0 unspecified atom stereocenters. The Labute approximate surface area is 193 Å². The fraction of sp³-hybridized carbons (Fsp3) is 0.318. The Balaban J connectivity index is 2.28. The first-order valence-electron chi connectivity index (χ1n) is 9.79. The highest BCUT2D eigenvalue weighted by molar-refractivity contribution is 7.90. The maximum Gasteiger partial charge on any atom is 0.416 e. The van der Waals surface area contributed by atoms with Gasteiger partial charge in [-0.15, -0.1) is 0 Å². The molecule has 1 N–H and O–H groups in total. The molecule has 0 atom stereocenters. The molecule has 34 heavy (non-hydrogen) atoms. The number of aliphatic carboxylic acids is 1. The number of carboxylic acid groups (broad SMARTS) is 1. The highest BCUT2D eigenvalue weighted by atomic mass is 32.2. The molecule has 184 valence electrons. The van der Waals surface area contributed by atoms with Gasteiger partial charge >= 0.3 is 12.1 Å². The number of ether oxygens (including phenoxy) is 3. The third-order valence-corrected chi connectivity index (χ3v) is 6.93. The third-order valence-electron chi connectivity index (χ3n) is 5.14. The Kier molecular flexibility index (Phi) is 6.60. The van der Waals surface area contributed by atoms with Crippen molar-refractivity contribution in [1.82, 2.24) is 3.97 Å². The van der Waals surface area contributed by atoms with Crippen LogP contribution < -0.4 is 9.47 Å². The Hall–Kier alpha value is -3.25. The van der Waals surface area contributed by atoms with E-state index in [-0.39, 0.29) is 33.0 Å². The number of benzene rings is 2. The number of halogens is 3. The van der Waals surface area contributed by atoms with Gasteiger partial charge in [-0.3, -0.25) is 0 Å². The summed E-state index contributed by atoms with van der Waals surface area (Å²) in [5, 5.41) is 9.29. The summed E-state index contributed by atoms with van der Waals surface area (Å²) >= 11 is 0. The molecule has 0 aliphatic carbocycles. The van der Waals surface area contributed by atoms with Gasteiger partial charge in [-0.2, -0.15) is 13.2 Å². The SMILES string of the molecule is COc1ccc(OC)c(S(=O)(=O)n2c(COC(C)(C)C(=O)O)cc3cc(C(F)(F)F)ccc32)c1. The minimum absolute atomic E-state index is 0.0210. The molecule has 12 heteroatoms. The van der Waals surface area contributed by atoms with Crippen molar-refractivity contribution in [2.75, 3.05) is 14.2 Å². The van der Waals surface area contributed by atoms with Crippen LogP contribution in [0, 0.1) is 0 Å². The van der Waals surface area contributed by atoms with Gasteiger partial charge in [-0.05, 0) is 50.2 Å². The maximum atomic E-state index is 13.8. The molecule has 1 aromatic heterocycles. The van der Waals surface area contributed by atoms with E-state index in [0.29, 0.717) is 0 Å². The summed E-state index contributed by atoms with van der Waals surface area (Å²) < 4.78 is 83.8. The summed E-state index contributed by atoms with van der Waals surface area (Å²) in [4.78, 5) is 11.1. The number of alkyl halides is 3. The smallest absolute Gasteiger partial charge is 0.416 e. The van der Waals surface area contributed by atoms with E-state index in [4.69, 9.17) is 14.2 Å². The molecular formula is C22H22F3NO7S.